The minimum Gasteiger partial charge on any atom is -0.344 e. The monoisotopic (exact) mass is 304 g/mol. The SMILES string of the molecule is Cc1ncsc1CN(C)c1nnc(Br)s1. The average Bonchev–Trinajstić information content (AvgIpc) is 2.77. The molecule has 7 heteroatoms. The molecule has 4 nitrogen and oxygen atoms in total. The molecule has 0 saturated carbocycles. The van der Waals surface area contributed by atoms with Gasteiger partial charge >= 0.3 is 0 Å². The van der Waals surface area contributed by atoms with Crippen LogP contribution in [0.15, 0.2) is 9.43 Å². The first kappa shape index (κ1) is 11.0. The molecule has 0 atom stereocenters. The predicted molar refractivity (Wildman–Crippen MR) is 66.6 cm³/mol. The Hall–Kier alpha value is -0.530. The largest absolute Gasteiger partial charge is 0.344 e. The third-order valence-electron chi connectivity index (χ3n) is 1.94. The zero-order chi connectivity index (χ0) is 10.8. The van der Waals surface area contributed by atoms with Crippen molar-refractivity contribution in [1.82, 2.24) is 15.2 Å². The summed E-state index contributed by atoms with van der Waals surface area (Å²) < 4.78 is 0.811. The van der Waals surface area contributed by atoms with Crippen molar-refractivity contribution in [2.75, 3.05) is 11.9 Å². The highest BCUT2D eigenvalue weighted by Gasteiger charge is 2.10. The summed E-state index contributed by atoms with van der Waals surface area (Å²) in [7, 11) is 2.01. The molecule has 0 unspecified atom stereocenters. The summed E-state index contributed by atoms with van der Waals surface area (Å²) in [6, 6.07) is 0. The van der Waals surface area contributed by atoms with Gasteiger partial charge < -0.3 is 4.90 Å². The Morgan fingerprint density at radius 3 is 2.80 bits per heavy atom. The van der Waals surface area contributed by atoms with Gasteiger partial charge in [0.2, 0.25) is 5.13 Å². The van der Waals surface area contributed by atoms with E-state index in [4.69, 9.17) is 0 Å². The highest BCUT2D eigenvalue weighted by Crippen LogP contribution is 2.25. The second-order valence-electron chi connectivity index (χ2n) is 3.05. The lowest BCUT2D eigenvalue weighted by Gasteiger charge is -2.13. The van der Waals surface area contributed by atoms with E-state index < -0.39 is 0 Å². The predicted octanol–water partition coefficient (Wildman–Crippen LogP) is 2.70. The van der Waals surface area contributed by atoms with Crippen LogP contribution in [-0.2, 0) is 6.54 Å². The molecule has 0 radical (unpaired) electrons. The molecule has 2 aromatic heterocycles. The summed E-state index contributed by atoms with van der Waals surface area (Å²) in [6.07, 6.45) is 0. The number of hydrogen-bond donors (Lipinski definition) is 0. The number of hydrogen-bond acceptors (Lipinski definition) is 6. The van der Waals surface area contributed by atoms with Crippen molar-refractivity contribution in [2.24, 2.45) is 0 Å². The lowest BCUT2D eigenvalue weighted by atomic mass is 10.4. The molecule has 0 fully saturated rings. The van der Waals surface area contributed by atoms with Gasteiger partial charge in [-0.2, -0.15) is 0 Å². The van der Waals surface area contributed by atoms with Gasteiger partial charge in [0.25, 0.3) is 0 Å². The molecule has 2 rings (SSSR count). The summed E-state index contributed by atoms with van der Waals surface area (Å²) in [6.45, 7) is 2.85. The van der Waals surface area contributed by atoms with Crippen LogP contribution >= 0.6 is 38.6 Å². The first-order valence-corrected chi connectivity index (χ1v) is 6.75. The van der Waals surface area contributed by atoms with Crippen LogP contribution in [0.2, 0.25) is 0 Å². The van der Waals surface area contributed by atoms with Crippen LogP contribution in [-0.4, -0.2) is 22.2 Å². The van der Waals surface area contributed by atoms with Crippen molar-refractivity contribution < 1.29 is 0 Å². The maximum absolute atomic E-state index is 4.22. The zero-order valence-corrected chi connectivity index (χ0v) is 11.5. The second kappa shape index (κ2) is 4.54. The molecule has 0 amide bonds. The summed E-state index contributed by atoms with van der Waals surface area (Å²) in [5, 5.41) is 8.89. The summed E-state index contributed by atoms with van der Waals surface area (Å²) in [5.74, 6) is 0. The number of aromatic nitrogens is 3. The Morgan fingerprint density at radius 2 is 2.27 bits per heavy atom. The number of nitrogens with zero attached hydrogens (tertiary/aromatic N) is 4. The van der Waals surface area contributed by atoms with Crippen molar-refractivity contribution in [3.8, 4) is 0 Å². The Morgan fingerprint density at radius 1 is 1.47 bits per heavy atom. The molecule has 0 aliphatic heterocycles. The number of rotatable bonds is 3. The van der Waals surface area contributed by atoms with Crippen LogP contribution in [0.3, 0.4) is 0 Å². The maximum Gasteiger partial charge on any atom is 0.209 e. The van der Waals surface area contributed by atoms with Crippen LogP contribution < -0.4 is 4.90 Å². The Kier molecular flexibility index (Phi) is 3.32. The fourth-order valence-corrected chi connectivity index (χ4v) is 2.99. The van der Waals surface area contributed by atoms with Crippen molar-refractivity contribution in [2.45, 2.75) is 13.5 Å². The molecule has 2 aromatic rings. The normalized spacial score (nSPS) is 10.6. The summed E-state index contributed by atoms with van der Waals surface area (Å²) in [4.78, 5) is 7.56. The zero-order valence-electron chi connectivity index (χ0n) is 8.27. The minimum atomic E-state index is 0.811. The van der Waals surface area contributed by atoms with E-state index in [2.05, 4.69) is 36.0 Å². The molecular formula is C8H9BrN4S2. The third kappa shape index (κ3) is 2.53. The van der Waals surface area contributed by atoms with Crippen molar-refractivity contribution in [1.29, 1.82) is 0 Å². The van der Waals surface area contributed by atoms with Crippen LogP contribution in [0.4, 0.5) is 5.13 Å². The number of aryl methyl sites for hydroxylation is 1. The molecule has 0 spiro atoms. The first-order valence-electron chi connectivity index (χ1n) is 4.26. The van der Waals surface area contributed by atoms with E-state index in [1.165, 1.54) is 16.2 Å². The number of thiazole rings is 1. The Balaban J connectivity index is 2.10. The van der Waals surface area contributed by atoms with E-state index in [-0.39, 0.29) is 0 Å². The highest BCUT2D eigenvalue weighted by molar-refractivity contribution is 9.11. The van der Waals surface area contributed by atoms with E-state index in [9.17, 15) is 0 Å². The average molecular weight is 305 g/mol. The number of anilines is 1. The van der Waals surface area contributed by atoms with E-state index >= 15 is 0 Å². The van der Waals surface area contributed by atoms with E-state index in [1.807, 2.05) is 19.5 Å². The molecule has 0 N–H and O–H groups in total. The van der Waals surface area contributed by atoms with Crippen LogP contribution in [0.5, 0.6) is 0 Å². The van der Waals surface area contributed by atoms with Gasteiger partial charge in [0.15, 0.2) is 3.92 Å². The first-order chi connectivity index (χ1) is 7.16. The second-order valence-corrected chi connectivity index (χ2v) is 6.23. The van der Waals surface area contributed by atoms with E-state index in [0.717, 1.165) is 21.3 Å². The van der Waals surface area contributed by atoms with Gasteiger partial charge in [-0.3, -0.25) is 0 Å². The van der Waals surface area contributed by atoms with Gasteiger partial charge in [0.1, 0.15) is 0 Å². The fraction of sp³-hybridized carbons (Fsp3) is 0.375. The van der Waals surface area contributed by atoms with Gasteiger partial charge in [0, 0.05) is 11.9 Å². The summed E-state index contributed by atoms with van der Waals surface area (Å²) in [5.41, 5.74) is 2.96. The van der Waals surface area contributed by atoms with Gasteiger partial charge in [0.05, 0.1) is 17.7 Å². The van der Waals surface area contributed by atoms with Crippen LogP contribution in [0.25, 0.3) is 0 Å². The molecule has 0 saturated heterocycles. The van der Waals surface area contributed by atoms with Gasteiger partial charge in [-0.1, -0.05) is 11.3 Å². The molecule has 0 aliphatic carbocycles. The molecule has 2 heterocycles. The van der Waals surface area contributed by atoms with Crippen molar-refractivity contribution >= 4 is 43.7 Å². The Bertz CT molecular complexity index is 453. The highest BCUT2D eigenvalue weighted by atomic mass is 79.9. The van der Waals surface area contributed by atoms with Gasteiger partial charge in [-0.15, -0.1) is 21.5 Å². The van der Waals surface area contributed by atoms with Crippen molar-refractivity contribution in [3.63, 3.8) is 0 Å². The standard InChI is InChI=1S/C8H9BrN4S2/c1-5-6(14-4-10-5)3-13(2)8-12-11-7(9)15-8/h4H,3H2,1-2H3. The van der Waals surface area contributed by atoms with E-state index in [0.29, 0.717) is 0 Å². The quantitative estimate of drug-likeness (QED) is 0.874. The summed E-state index contributed by atoms with van der Waals surface area (Å²) >= 11 is 6.50. The van der Waals surface area contributed by atoms with Crippen molar-refractivity contribution in [3.05, 3.63) is 20.0 Å². The van der Waals surface area contributed by atoms with Crippen LogP contribution in [0, 0.1) is 6.92 Å². The molecule has 15 heavy (non-hydrogen) atoms. The minimum absolute atomic E-state index is 0.811. The van der Waals surface area contributed by atoms with Gasteiger partial charge in [-0.25, -0.2) is 4.98 Å². The Labute approximate surface area is 104 Å². The molecule has 0 bridgehead atoms. The smallest absolute Gasteiger partial charge is 0.209 e. The van der Waals surface area contributed by atoms with E-state index in [1.54, 1.807) is 11.3 Å². The maximum atomic E-state index is 4.22. The topological polar surface area (TPSA) is 41.9 Å². The molecule has 0 aromatic carbocycles. The lowest BCUT2D eigenvalue weighted by molar-refractivity contribution is 0.895. The van der Waals surface area contributed by atoms with Gasteiger partial charge in [-0.05, 0) is 22.9 Å². The lowest BCUT2D eigenvalue weighted by Crippen LogP contribution is -2.15. The molecule has 0 aliphatic rings. The van der Waals surface area contributed by atoms with Crippen LogP contribution in [0.1, 0.15) is 10.6 Å². The molecular weight excluding hydrogens is 296 g/mol. The third-order valence-corrected chi connectivity index (χ3v) is 4.33. The fourth-order valence-electron chi connectivity index (χ4n) is 1.11. The number of halogens is 1. The molecule has 80 valence electrons.